The van der Waals surface area contributed by atoms with Crippen LogP contribution >= 0.6 is 0 Å². The van der Waals surface area contributed by atoms with Crippen molar-refractivity contribution in [3.05, 3.63) is 42.5 Å². The van der Waals surface area contributed by atoms with Crippen LogP contribution in [0.4, 0.5) is 0 Å². The van der Waals surface area contributed by atoms with Crippen molar-refractivity contribution in [2.75, 3.05) is 13.7 Å². The minimum absolute atomic E-state index is 0.0670. The van der Waals surface area contributed by atoms with Crippen molar-refractivity contribution < 1.29 is 19.3 Å². The minimum atomic E-state index is -0.448. The molecule has 1 aliphatic rings. The molecular formula is C17H24O4. The molecule has 1 saturated heterocycles. The van der Waals surface area contributed by atoms with E-state index < -0.39 is 6.10 Å². The second kappa shape index (κ2) is 7.59. The molecule has 2 rings (SSSR count). The topological polar surface area (TPSA) is 51.2 Å². The standard InChI is InChI=1S/C17H24O4/c1-4-5-15(18)17-16(21-17)12(2)10-20-11-13-6-8-14(19-3)9-7-13/h4,6-9,12,15-18H,1,5,10-11H2,2-3H3/t12-,15+,16-,17+/m0/s1. The molecule has 4 heteroatoms. The van der Waals surface area contributed by atoms with Crippen LogP contribution in [0.1, 0.15) is 18.9 Å². The van der Waals surface area contributed by atoms with Crippen LogP contribution in [0, 0.1) is 5.92 Å². The van der Waals surface area contributed by atoms with Gasteiger partial charge in [-0.1, -0.05) is 25.1 Å². The van der Waals surface area contributed by atoms with Gasteiger partial charge < -0.3 is 19.3 Å². The summed E-state index contributed by atoms with van der Waals surface area (Å²) in [5, 5.41) is 9.81. The fraction of sp³-hybridized carbons (Fsp3) is 0.529. The van der Waals surface area contributed by atoms with Crippen molar-refractivity contribution in [3.63, 3.8) is 0 Å². The molecule has 1 aromatic rings. The van der Waals surface area contributed by atoms with Gasteiger partial charge in [0.05, 0.1) is 32.5 Å². The van der Waals surface area contributed by atoms with Gasteiger partial charge in [-0.3, -0.25) is 0 Å². The van der Waals surface area contributed by atoms with Crippen molar-refractivity contribution in [1.29, 1.82) is 0 Å². The third-order valence-electron chi connectivity index (χ3n) is 3.72. The maximum Gasteiger partial charge on any atom is 0.118 e. The Morgan fingerprint density at radius 2 is 2.05 bits per heavy atom. The Bertz CT molecular complexity index is 443. The summed E-state index contributed by atoms with van der Waals surface area (Å²) in [5.41, 5.74) is 1.11. The molecule has 0 radical (unpaired) electrons. The van der Waals surface area contributed by atoms with E-state index in [0.717, 1.165) is 11.3 Å². The molecule has 0 aliphatic carbocycles. The number of aliphatic hydroxyl groups excluding tert-OH is 1. The molecule has 0 amide bonds. The van der Waals surface area contributed by atoms with Crippen LogP contribution < -0.4 is 4.74 Å². The number of hydrogen-bond acceptors (Lipinski definition) is 4. The second-order valence-corrected chi connectivity index (χ2v) is 5.50. The summed E-state index contributed by atoms with van der Waals surface area (Å²) in [5.74, 6) is 1.12. The van der Waals surface area contributed by atoms with Gasteiger partial charge in [0.1, 0.15) is 11.9 Å². The number of aliphatic hydroxyl groups is 1. The van der Waals surface area contributed by atoms with Crippen LogP contribution in [-0.4, -0.2) is 37.1 Å². The van der Waals surface area contributed by atoms with Crippen molar-refractivity contribution in [3.8, 4) is 5.75 Å². The highest BCUT2D eigenvalue weighted by Gasteiger charge is 2.46. The summed E-state index contributed by atoms with van der Waals surface area (Å²) in [4.78, 5) is 0. The first-order valence-corrected chi connectivity index (χ1v) is 7.30. The van der Waals surface area contributed by atoms with Crippen LogP contribution in [0.5, 0.6) is 5.75 Å². The van der Waals surface area contributed by atoms with E-state index in [1.807, 2.05) is 24.3 Å². The summed E-state index contributed by atoms with van der Waals surface area (Å²) in [6.45, 7) is 6.90. The van der Waals surface area contributed by atoms with E-state index in [9.17, 15) is 5.11 Å². The molecule has 21 heavy (non-hydrogen) atoms. The van der Waals surface area contributed by atoms with Gasteiger partial charge >= 0.3 is 0 Å². The fourth-order valence-corrected chi connectivity index (χ4v) is 2.39. The Hall–Kier alpha value is -1.36. The zero-order valence-electron chi connectivity index (χ0n) is 12.7. The fourth-order valence-electron chi connectivity index (χ4n) is 2.39. The van der Waals surface area contributed by atoms with E-state index in [-0.39, 0.29) is 18.1 Å². The largest absolute Gasteiger partial charge is 0.497 e. The van der Waals surface area contributed by atoms with Gasteiger partial charge in [0.25, 0.3) is 0 Å². The average Bonchev–Trinajstić information content (AvgIpc) is 3.29. The zero-order valence-corrected chi connectivity index (χ0v) is 12.7. The molecule has 1 fully saturated rings. The molecule has 0 bridgehead atoms. The quantitative estimate of drug-likeness (QED) is 0.561. The van der Waals surface area contributed by atoms with Gasteiger partial charge in [0, 0.05) is 5.92 Å². The van der Waals surface area contributed by atoms with Gasteiger partial charge in [0.15, 0.2) is 0 Å². The summed E-state index contributed by atoms with van der Waals surface area (Å²) in [6, 6.07) is 7.84. The predicted octanol–water partition coefficient (Wildman–Crippen LogP) is 2.55. The maximum atomic E-state index is 9.81. The summed E-state index contributed by atoms with van der Waals surface area (Å²) < 4.78 is 16.4. The van der Waals surface area contributed by atoms with Crippen LogP contribution in [0.25, 0.3) is 0 Å². The van der Waals surface area contributed by atoms with E-state index >= 15 is 0 Å². The minimum Gasteiger partial charge on any atom is -0.497 e. The number of epoxide rings is 1. The molecule has 0 unspecified atom stereocenters. The lowest BCUT2D eigenvalue weighted by Gasteiger charge is -2.11. The van der Waals surface area contributed by atoms with Gasteiger partial charge in [-0.05, 0) is 24.1 Å². The van der Waals surface area contributed by atoms with Crippen molar-refractivity contribution in [2.45, 2.75) is 38.3 Å². The van der Waals surface area contributed by atoms with Crippen molar-refractivity contribution in [2.24, 2.45) is 5.92 Å². The Morgan fingerprint density at radius 3 is 2.67 bits per heavy atom. The van der Waals surface area contributed by atoms with E-state index in [4.69, 9.17) is 14.2 Å². The average molecular weight is 292 g/mol. The lowest BCUT2D eigenvalue weighted by atomic mass is 10.0. The molecule has 1 aromatic carbocycles. The molecule has 4 nitrogen and oxygen atoms in total. The molecule has 1 N–H and O–H groups in total. The molecule has 0 saturated carbocycles. The number of methoxy groups -OCH3 is 1. The van der Waals surface area contributed by atoms with Crippen molar-refractivity contribution in [1.82, 2.24) is 0 Å². The van der Waals surface area contributed by atoms with E-state index in [0.29, 0.717) is 19.6 Å². The first-order valence-electron chi connectivity index (χ1n) is 7.30. The highest BCUT2D eigenvalue weighted by molar-refractivity contribution is 5.26. The predicted molar refractivity (Wildman–Crippen MR) is 81.3 cm³/mol. The van der Waals surface area contributed by atoms with Crippen molar-refractivity contribution >= 4 is 0 Å². The van der Waals surface area contributed by atoms with Gasteiger partial charge in [-0.15, -0.1) is 6.58 Å². The van der Waals surface area contributed by atoms with Gasteiger partial charge in [0.2, 0.25) is 0 Å². The maximum absolute atomic E-state index is 9.81. The molecule has 116 valence electrons. The smallest absolute Gasteiger partial charge is 0.118 e. The Kier molecular flexibility index (Phi) is 5.79. The lowest BCUT2D eigenvalue weighted by molar-refractivity contribution is 0.0824. The zero-order chi connectivity index (χ0) is 15.2. The number of hydrogen-bond donors (Lipinski definition) is 1. The molecule has 0 spiro atoms. The molecule has 4 atom stereocenters. The van der Waals surface area contributed by atoms with Crippen LogP contribution in [0.15, 0.2) is 36.9 Å². The Labute approximate surface area is 126 Å². The lowest BCUT2D eigenvalue weighted by Crippen LogP contribution is -2.21. The summed E-state index contributed by atoms with van der Waals surface area (Å²) in [7, 11) is 1.65. The van der Waals surface area contributed by atoms with Crippen LogP contribution in [0.2, 0.25) is 0 Å². The number of ether oxygens (including phenoxy) is 3. The van der Waals surface area contributed by atoms with E-state index in [1.165, 1.54) is 0 Å². The second-order valence-electron chi connectivity index (χ2n) is 5.50. The Morgan fingerprint density at radius 1 is 1.33 bits per heavy atom. The third kappa shape index (κ3) is 4.56. The first-order chi connectivity index (χ1) is 10.2. The molecule has 1 aliphatic heterocycles. The van der Waals surface area contributed by atoms with E-state index in [1.54, 1.807) is 13.2 Å². The SMILES string of the molecule is C=CC[C@@H](O)[C@H]1O[C@H]1[C@@H](C)COCc1ccc(OC)cc1. The summed E-state index contributed by atoms with van der Waals surface area (Å²) in [6.07, 6.45) is 1.87. The molecular weight excluding hydrogens is 268 g/mol. The van der Waals surface area contributed by atoms with Crippen LogP contribution in [-0.2, 0) is 16.1 Å². The van der Waals surface area contributed by atoms with Crippen LogP contribution in [0.3, 0.4) is 0 Å². The monoisotopic (exact) mass is 292 g/mol. The summed E-state index contributed by atoms with van der Waals surface area (Å²) >= 11 is 0. The number of rotatable bonds is 9. The molecule has 0 aromatic heterocycles. The first kappa shape index (κ1) is 16.0. The third-order valence-corrected chi connectivity index (χ3v) is 3.72. The highest BCUT2D eigenvalue weighted by atomic mass is 16.6. The van der Waals surface area contributed by atoms with Gasteiger partial charge in [-0.2, -0.15) is 0 Å². The highest BCUT2D eigenvalue weighted by Crippen LogP contribution is 2.33. The number of benzene rings is 1. The Balaban J connectivity index is 1.68. The van der Waals surface area contributed by atoms with E-state index in [2.05, 4.69) is 13.5 Å². The normalized spacial score (nSPS) is 23.4. The molecule has 1 heterocycles. The van der Waals surface area contributed by atoms with Gasteiger partial charge in [-0.25, -0.2) is 0 Å².